The van der Waals surface area contributed by atoms with E-state index in [1.807, 2.05) is 4.90 Å². The van der Waals surface area contributed by atoms with E-state index in [1.165, 1.54) is 21.9 Å². The molecule has 2 amide bonds. The maximum atomic E-state index is 12.7. The number of urea groups is 1. The molecule has 2 aromatic rings. The summed E-state index contributed by atoms with van der Waals surface area (Å²) in [6, 6.07) is 10.7. The lowest BCUT2D eigenvalue weighted by atomic mass is 10.0. The Morgan fingerprint density at radius 2 is 1.83 bits per heavy atom. The average Bonchev–Trinajstić information content (AvgIpc) is 2.85. The summed E-state index contributed by atoms with van der Waals surface area (Å²) in [5.41, 5.74) is 3.75. The van der Waals surface area contributed by atoms with Gasteiger partial charge in [0.05, 0.1) is 5.69 Å². The molecule has 0 aromatic heterocycles. The van der Waals surface area contributed by atoms with E-state index in [9.17, 15) is 4.79 Å². The van der Waals surface area contributed by atoms with E-state index in [1.54, 1.807) is 0 Å². The number of anilines is 1. The minimum absolute atomic E-state index is 0.0269. The first-order chi connectivity index (χ1) is 11.2. The standard InChI is InChI=1S/C19H23N3O/c1-21-10-3-11-22(13-12-21)19(23)20-17-9-8-15-7-6-14-4-2-5-16(17)18(14)15/h2,4-5,8-9H,3,6-7,10-13H2,1H3,(H,20,23). The second kappa shape index (κ2) is 5.85. The molecule has 0 bridgehead atoms. The summed E-state index contributed by atoms with van der Waals surface area (Å²) in [4.78, 5) is 16.9. The number of amides is 2. The molecule has 1 aliphatic carbocycles. The first-order valence-electron chi connectivity index (χ1n) is 8.50. The predicted octanol–water partition coefficient (Wildman–Crippen LogP) is 3.11. The third-order valence-electron chi connectivity index (χ3n) is 5.13. The summed E-state index contributed by atoms with van der Waals surface area (Å²) < 4.78 is 0. The van der Waals surface area contributed by atoms with Crippen molar-refractivity contribution in [2.45, 2.75) is 19.3 Å². The lowest BCUT2D eigenvalue weighted by molar-refractivity contribution is 0.213. The first-order valence-corrected chi connectivity index (χ1v) is 8.50. The molecule has 23 heavy (non-hydrogen) atoms. The molecule has 4 nitrogen and oxygen atoms in total. The Hall–Kier alpha value is -2.07. The Labute approximate surface area is 137 Å². The van der Waals surface area contributed by atoms with Gasteiger partial charge < -0.3 is 15.1 Å². The fourth-order valence-electron chi connectivity index (χ4n) is 3.80. The molecule has 1 aliphatic heterocycles. The lowest BCUT2D eigenvalue weighted by Gasteiger charge is -2.21. The van der Waals surface area contributed by atoms with E-state index in [2.05, 4.69) is 47.6 Å². The largest absolute Gasteiger partial charge is 0.323 e. The van der Waals surface area contributed by atoms with Gasteiger partial charge in [-0.25, -0.2) is 4.79 Å². The van der Waals surface area contributed by atoms with E-state index in [4.69, 9.17) is 0 Å². The van der Waals surface area contributed by atoms with Crippen molar-refractivity contribution in [1.29, 1.82) is 0 Å². The predicted molar refractivity (Wildman–Crippen MR) is 94.1 cm³/mol. The van der Waals surface area contributed by atoms with Crippen molar-refractivity contribution in [2.75, 3.05) is 38.5 Å². The molecule has 0 atom stereocenters. The summed E-state index contributed by atoms with van der Waals surface area (Å²) in [7, 11) is 2.12. The van der Waals surface area contributed by atoms with Crippen molar-refractivity contribution in [2.24, 2.45) is 0 Å². The van der Waals surface area contributed by atoms with Crippen LogP contribution in [0.1, 0.15) is 17.5 Å². The second-order valence-corrected chi connectivity index (χ2v) is 6.69. The first kappa shape index (κ1) is 14.5. The van der Waals surface area contributed by atoms with E-state index in [-0.39, 0.29) is 6.03 Å². The van der Waals surface area contributed by atoms with E-state index < -0.39 is 0 Å². The molecular weight excluding hydrogens is 286 g/mol. The number of hydrogen-bond acceptors (Lipinski definition) is 2. The lowest BCUT2D eigenvalue weighted by Crippen LogP contribution is -2.37. The van der Waals surface area contributed by atoms with Gasteiger partial charge in [0.15, 0.2) is 0 Å². The molecular formula is C19H23N3O. The van der Waals surface area contributed by atoms with Gasteiger partial charge in [-0.3, -0.25) is 0 Å². The summed E-state index contributed by atoms with van der Waals surface area (Å²) >= 11 is 0. The van der Waals surface area contributed by atoms with Crippen molar-refractivity contribution in [3.05, 3.63) is 41.5 Å². The molecule has 1 saturated heterocycles. The minimum atomic E-state index is 0.0269. The molecule has 0 radical (unpaired) electrons. The second-order valence-electron chi connectivity index (χ2n) is 6.69. The molecule has 120 valence electrons. The number of hydrogen-bond donors (Lipinski definition) is 1. The molecule has 0 saturated carbocycles. The number of carbonyl (C=O) groups is 1. The van der Waals surface area contributed by atoms with Crippen LogP contribution >= 0.6 is 0 Å². The van der Waals surface area contributed by atoms with Gasteiger partial charge in [-0.1, -0.05) is 24.3 Å². The number of rotatable bonds is 1. The van der Waals surface area contributed by atoms with Crippen LogP contribution in [0.5, 0.6) is 0 Å². The van der Waals surface area contributed by atoms with Crippen LogP contribution in [0.25, 0.3) is 10.8 Å². The Kier molecular flexibility index (Phi) is 3.69. The molecule has 4 rings (SSSR count). The zero-order valence-corrected chi connectivity index (χ0v) is 13.6. The fraction of sp³-hybridized carbons (Fsp3) is 0.421. The van der Waals surface area contributed by atoms with Crippen LogP contribution in [0, 0.1) is 0 Å². The SMILES string of the molecule is CN1CCCN(C(=O)Nc2ccc3c4c(cccc24)CC3)CC1. The molecule has 2 aliphatic rings. The number of nitrogens with one attached hydrogen (secondary N) is 1. The van der Waals surface area contributed by atoms with Gasteiger partial charge >= 0.3 is 6.03 Å². The van der Waals surface area contributed by atoms with Gasteiger partial charge in [-0.05, 0) is 55.4 Å². The Morgan fingerprint density at radius 1 is 1.00 bits per heavy atom. The molecule has 0 unspecified atom stereocenters. The quantitative estimate of drug-likeness (QED) is 0.878. The number of nitrogens with zero attached hydrogens (tertiary/aromatic N) is 2. The summed E-state index contributed by atoms with van der Waals surface area (Å²) in [6.45, 7) is 3.63. The Morgan fingerprint density at radius 3 is 2.70 bits per heavy atom. The van der Waals surface area contributed by atoms with Gasteiger partial charge in [0.25, 0.3) is 0 Å². The smallest absolute Gasteiger partial charge is 0.321 e. The summed E-state index contributed by atoms with van der Waals surface area (Å²) in [5, 5.41) is 5.67. The molecule has 1 heterocycles. The minimum Gasteiger partial charge on any atom is -0.323 e. The highest BCUT2D eigenvalue weighted by molar-refractivity contribution is 6.04. The van der Waals surface area contributed by atoms with E-state index >= 15 is 0 Å². The van der Waals surface area contributed by atoms with Crippen LogP contribution in [0.15, 0.2) is 30.3 Å². The zero-order valence-electron chi connectivity index (χ0n) is 13.6. The van der Waals surface area contributed by atoms with Crippen LogP contribution in [0.4, 0.5) is 10.5 Å². The van der Waals surface area contributed by atoms with Crippen molar-refractivity contribution < 1.29 is 4.79 Å². The normalized spacial score (nSPS) is 18.2. The number of carbonyl (C=O) groups excluding carboxylic acids is 1. The Balaban J connectivity index is 1.60. The van der Waals surface area contributed by atoms with Crippen LogP contribution in [-0.4, -0.2) is 49.1 Å². The number of benzene rings is 2. The van der Waals surface area contributed by atoms with Crippen molar-refractivity contribution in [1.82, 2.24) is 9.80 Å². The molecule has 1 fully saturated rings. The summed E-state index contributed by atoms with van der Waals surface area (Å²) in [5.74, 6) is 0. The van der Waals surface area contributed by atoms with Crippen molar-refractivity contribution in [3.63, 3.8) is 0 Å². The van der Waals surface area contributed by atoms with Crippen LogP contribution in [0.3, 0.4) is 0 Å². The maximum absolute atomic E-state index is 12.7. The van der Waals surface area contributed by atoms with Crippen molar-refractivity contribution in [3.8, 4) is 0 Å². The van der Waals surface area contributed by atoms with Gasteiger partial charge in [0.1, 0.15) is 0 Å². The van der Waals surface area contributed by atoms with Crippen LogP contribution in [0.2, 0.25) is 0 Å². The van der Waals surface area contributed by atoms with Gasteiger partial charge in [-0.2, -0.15) is 0 Å². The highest BCUT2D eigenvalue weighted by atomic mass is 16.2. The Bertz CT molecular complexity index is 745. The zero-order chi connectivity index (χ0) is 15.8. The molecule has 4 heteroatoms. The highest BCUT2D eigenvalue weighted by Crippen LogP contribution is 2.35. The van der Waals surface area contributed by atoms with Gasteiger partial charge in [0, 0.05) is 25.0 Å². The third kappa shape index (κ3) is 2.68. The van der Waals surface area contributed by atoms with Gasteiger partial charge in [-0.15, -0.1) is 0 Å². The van der Waals surface area contributed by atoms with E-state index in [0.29, 0.717) is 0 Å². The molecule has 2 aromatic carbocycles. The highest BCUT2D eigenvalue weighted by Gasteiger charge is 2.20. The number of aryl methyl sites for hydroxylation is 2. The molecule has 0 spiro atoms. The van der Waals surface area contributed by atoms with Crippen molar-refractivity contribution >= 4 is 22.5 Å². The third-order valence-corrected chi connectivity index (χ3v) is 5.13. The number of likely N-dealkylation sites (N-methyl/N-ethyl adjacent to an activating group) is 1. The monoisotopic (exact) mass is 309 g/mol. The topological polar surface area (TPSA) is 35.6 Å². The fourth-order valence-corrected chi connectivity index (χ4v) is 3.80. The van der Waals surface area contributed by atoms with Crippen LogP contribution < -0.4 is 5.32 Å². The molecule has 1 N–H and O–H groups in total. The summed E-state index contributed by atoms with van der Waals surface area (Å²) in [6.07, 6.45) is 3.26. The van der Waals surface area contributed by atoms with Gasteiger partial charge in [0.2, 0.25) is 0 Å². The average molecular weight is 309 g/mol. The maximum Gasteiger partial charge on any atom is 0.321 e. The van der Waals surface area contributed by atoms with Crippen LogP contribution in [-0.2, 0) is 12.8 Å². The van der Waals surface area contributed by atoms with E-state index in [0.717, 1.165) is 51.1 Å².